The fourth-order valence-corrected chi connectivity index (χ4v) is 3.76. The minimum Gasteiger partial charge on any atom is -0.373 e. The van der Waals surface area contributed by atoms with Crippen LogP contribution in [0.2, 0.25) is 0 Å². The Labute approximate surface area is 141 Å². The van der Waals surface area contributed by atoms with Gasteiger partial charge in [-0.05, 0) is 20.3 Å². The number of carbonyl (C=O) groups excluding carboxylic acids is 1. The van der Waals surface area contributed by atoms with Gasteiger partial charge in [-0.2, -0.15) is 5.10 Å². The summed E-state index contributed by atoms with van der Waals surface area (Å²) >= 11 is 0. The molecule has 24 heavy (non-hydrogen) atoms. The van der Waals surface area contributed by atoms with E-state index in [4.69, 9.17) is 4.74 Å². The summed E-state index contributed by atoms with van der Waals surface area (Å²) in [6.07, 6.45) is 4.46. The molecule has 4 heterocycles. The molecule has 0 saturated carbocycles. The lowest BCUT2D eigenvalue weighted by Crippen LogP contribution is -2.42. The van der Waals surface area contributed by atoms with Gasteiger partial charge in [0, 0.05) is 44.2 Å². The van der Waals surface area contributed by atoms with Crippen molar-refractivity contribution in [3.8, 4) is 0 Å². The number of aromatic nitrogens is 4. The number of nitrogens with zero attached hydrogens (tertiary/aromatic N) is 5. The van der Waals surface area contributed by atoms with Crippen molar-refractivity contribution >= 4 is 5.91 Å². The Bertz CT molecular complexity index is 778. The van der Waals surface area contributed by atoms with E-state index in [-0.39, 0.29) is 17.9 Å². The average molecular weight is 329 g/mol. The second kappa shape index (κ2) is 5.73. The molecule has 4 rings (SSSR count). The minimum atomic E-state index is -0.186. The monoisotopic (exact) mass is 329 g/mol. The number of imidazole rings is 1. The second-order valence-corrected chi connectivity index (χ2v) is 6.75. The molecule has 7 heteroatoms. The van der Waals surface area contributed by atoms with E-state index in [9.17, 15) is 4.79 Å². The van der Waals surface area contributed by atoms with Crippen LogP contribution in [0.15, 0.2) is 12.4 Å². The third-order valence-electron chi connectivity index (χ3n) is 5.22. The SMILES string of the molecule is Cc1cn2c(n1)CN(C(=O)[C@H]1CCO[C@@H]1c1cnn(C)c1C)CC2. The van der Waals surface area contributed by atoms with Gasteiger partial charge in [0.2, 0.25) is 5.91 Å². The number of rotatable bonds is 2. The van der Waals surface area contributed by atoms with Crippen LogP contribution in [0.1, 0.15) is 35.3 Å². The van der Waals surface area contributed by atoms with Crippen LogP contribution in [0.25, 0.3) is 0 Å². The molecule has 0 aliphatic carbocycles. The number of hydrogen-bond acceptors (Lipinski definition) is 4. The first-order chi connectivity index (χ1) is 11.5. The van der Waals surface area contributed by atoms with Gasteiger partial charge in [-0.1, -0.05) is 0 Å². The molecule has 2 aromatic rings. The van der Waals surface area contributed by atoms with E-state index >= 15 is 0 Å². The summed E-state index contributed by atoms with van der Waals surface area (Å²) in [6.45, 7) is 6.76. The Balaban J connectivity index is 1.54. The first kappa shape index (κ1) is 15.4. The number of carbonyl (C=O) groups is 1. The molecule has 1 amide bonds. The molecule has 0 spiro atoms. The van der Waals surface area contributed by atoms with Gasteiger partial charge in [-0.15, -0.1) is 0 Å². The molecule has 2 aromatic heterocycles. The summed E-state index contributed by atoms with van der Waals surface area (Å²) in [6, 6.07) is 0. The van der Waals surface area contributed by atoms with Crippen molar-refractivity contribution in [1.82, 2.24) is 24.2 Å². The van der Waals surface area contributed by atoms with E-state index in [0.29, 0.717) is 13.2 Å². The summed E-state index contributed by atoms with van der Waals surface area (Å²) in [4.78, 5) is 19.6. The lowest BCUT2D eigenvalue weighted by Gasteiger charge is -2.31. The number of aryl methyl sites for hydroxylation is 2. The summed E-state index contributed by atoms with van der Waals surface area (Å²) < 4.78 is 9.89. The molecular weight excluding hydrogens is 306 g/mol. The number of amides is 1. The van der Waals surface area contributed by atoms with Crippen molar-refractivity contribution in [2.75, 3.05) is 13.2 Å². The molecule has 2 atom stereocenters. The van der Waals surface area contributed by atoms with Crippen LogP contribution in [-0.2, 0) is 29.7 Å². The van der Waals surface area contributed by atoms with Gasteiger partial charge in [-0.3, -0.25) is 9.48 Å². The molecule has 0 bridgehead atoms. The quantitative estimate of drug-likeness (QED) is 0.834. The van der Waals surface area contributed by atoms with E-state index in [0.717, 1.165) is 42.3 Å². The third-order valence-corrected chi connectivity index (χ3v) is 5.22. The molecule has 1 fully saturated rings. The fourth-order valence-electron chi connectivity index (χ4n) is 3.76. The minimum absolute atomic E-state index is 0.129. The van der Waals surface area contributed by atoms with Crippen LogP contribution in [0.5, 0.6) is 0 Å². The Morgan fingerprint density at radius 1 is 1.33 bits per heavy atom. The Morgan fingerprint density at radius 3 is 2.92 bits per heavy atom. The first-order valence-corrected chi connectivity index (χ1v) is 8.46. The van der Waals surface area contributed by atoms with Crippen LogP contribution in [-0.4, -0.2) is 43.3 Å². The van der Waals surface area contributed by atoms with Crippen LogP contribution >= 0.6 is 0 Å². The number of hydrogen-bond donors (Lipinski definition) is 0. The topological polar surface area (TPSA) is 65.2 Å². The molecule has 0 N–H and O–H groups in total. The maximum absolute atomic E-state index is 13.1. The van der Waals surface area contributed by atoms with Crippen molar-refractivity contribution in [2.24, 2.45) is 13.0 Å². The molecule has 7 nitrogen and oxygen atoms in total. The highest BCUT2D eigenvalue weighted by molar-refractivity contribution is 5.80. The van der Waals surface area contributed by atoms with Crippen molar-refractivity contribution in [2.45, 2.75) is 39.5 Å². The highest BCUT2D eigenvalue weighted by Gasteiger charge is 2.39. The first-order valence-electron chi connectivity index (χ1n) is 8.46. The molecular formula is C17H23N5O2. The van der Waals surface area contributed by atoms with Crippen LogP contribution < -0.4 is 0 Å². The van der Waals surface area contributed by atoms with Crippen molar-refractivity contribution in [3.05, 3.63) is 35.2 Å². The number of ether oxygens (including phenoxy) is 1. The predicted octanol–water partition coefficient (Wildman–Crippen LogP) is 1.35. The standard InChI is InChI=1S/C17H23N5O2/c1-11-9-21-5-6-22(10-15(21)19-11)17(23)13-4-7-24-16(13)14-8-18-20(3)12(14)2/h8-9,13,16H,4-7,10H2,1-3H3/t13-,16-/m0/s1. The van der Waals surface area contributed by atoms with E-state index in [1.54, 1.807) is 0 Å². The molecule has 128 valence electrons. The second-order valence-electron chi connectivity index (χ2n) is 6.75. The van der Waals surface area contributed by atoms with Crippen LogP contribution in [0, 0.1) is 19.8 Å². The molecule has 0 radical (unpaired) electrons. The van der Waals surface area contributed by atoms with Crippen molar-refractivity contribution in [3.63, 3.8) is 0 Å². The zero-order valence-electron chi connectivity index (χ0n) is 14.4. The summed E-state index contributed by atoms with van der Waals surface area (Å²) in [5, 5.41) is 4.30. The predicted molar refractivity (Wildman–Crippen MR) is 87.1 cm³/mol. The molecule has 2 aliphatic heterocycles. The third kappa shape index (κ3) is 2.43. The van der Waals surface area contributed by atoms with E-state index < -0.39 is 0 Å². The van der Waals surface area contributed by atoms with Gasteiger partial charge >= 0.3 is 0 Å². The lowest BCUT2D eigenvalue weighted by atomic mass is 9.94. The summed E-state index contributed by atoms with van der Waals surface area (Å²) in [7, 11) is 1.91. The van der Waals surface area contributed by atoms with Gasteiger partial charge in [0.1, 0.15) is 5.82 Å². The van der Waals surface area contributed by atoms with Gasteiger partial charge < -0.3 is 14.2 Å². The highest BCUT2D eigenvalue weighted by Crippen LogP contribution is 2.37. The Morgan fingerprint density at radius 2 is 2.17 bits per heavy atom. The maximum atomic E-state index is 13.1. The van der Waals surface area contributed by atoms with E-state index in [2.05, 4.69) is 20.8 Å². The van der Waals surface area contributed by atoms with Gasteiger partial charge in [0.15, 0.2) is 0 Å². The normalized spacial score (nSPS) is 23.5. The molecule has 0 unspecified atom stereocenters. The Hall–Kier alpha value is -2.15. The van der Waals surface area contributed by atoms with E-state index in [1.165, 1.54) is 0 Å². The number of fused-ring (bicyclic) bond motifs is 1. The van der Waals surface area contributed by atoms with Crippen LogP contribution in [0.4, 0.5) is 0 Å². The van der Waals surface area contributed by atoms with Crippen molar-refractivity contribution in [1.29, 1.82) is 0 Å². The highest BCUT2D eigenvalue weighted by atomic mass is 16.5. The van der Waals surface area contributed by atoms with E-state index in [1.807, 2.05) is 36.7 Å². The lowest BCUT2D eigenvalue weighted by molar-refractivity contribution is -0.139. The smallest absolute Gasteiger partial charge is 0.229 e. The van der Waals surface area contributed by atoms with Gasteiger partial charge in [0.05, 0.1) is 30.5 Å². The molecule has 1 saturated heterocycles. The summed E-state index contributed by atoms with van der Waals surface area (Å²) in [5.74, 6) is 1.02. The zero-order valence-corrected chi connectivity index (χ0v) is 14.4. The largest absolute Gasteiger partial charge is 0.373 e. The van der Waals surface area contributed by atoms with Gasteiger partial charge in [-0.25, -0.2) is 4.98 Å². The van der Waals surface area contributed by atoms with Gasteiger partial charge in [0.25, 0.3) is 0 Å². The maximum Gasteiger partial charge on any atom is 0.229 e. The molecule has 0 aromatic carbocycles. The average Bonchev–Trinajstić information content (AvgIpc) is 3.25. The van der Waals surface area contributed by atoms with Crippen LogP contribution in [0.3, 0.4) is 0 Å². The fraction of sp³-hybridized carbons (Fsp3) is 0.588. The molecule has 2 aliphatic rings. The van der Waals surface area contributed by atoms with Crippen molar-refractivity contribution < 1.29 is 9.53 Å². The Kier molecular flexibility index (Phi) is 3.68. The summed E-state index contributed by atoms with van der Waals surface area (Å²) in [5.41, 5.74) is 3.10. The zero-order chi connectivity index (χ0) is 16.8.